The predicted molar refractivity (Wildman–Crippen MR) is 193 cm³/mol. The summed E-state index contributed by atoms with van der Waals surface area (Å²) in [7, 11) is 0. The zero-order chi connectivity index (χ0) is 39.0. The van der Waals surface area contributed by atoms with Crippen LogP contribution in [0.5, 0.6) is 0 Å². The molecule has 0 saturated carbocycles. The number of benzene rings is 1. The number of aliphatic hydroxyl groups is 2. The second-order valence-electron chi connectivity index (χ2n) is 15.0. The van der Waals surface area contributed by atoms with Crippen LogP contribution in [0.15, 0.2) is 30.3 Å². The number of carboxylic acid groups (broad SMARTS) is 1. The van der Waals surface area contributed by atoms with E-state index in [1.807, 2.05) is 41.5 Å². The van der Waals surface area contributed by atoms with Crippen LogP contribution in [0.1, 0.15) is 106 Å². The highest BCUT2D eigenvalue weighted by Gasteiger charge is 2.33. The van der Waals surface area contributed by atoms with Crippen molar-refractivity contribution in [3.8, 4) is 0 Å². The lowest BCUT2D eigenvalue weighted by atomic mass is 9.95. The predicted octanol–water partition coefficient (Wildman–Crippen LogP) is 2.18. The average Bonchev–Trinajstić information content (AvgIpc) is 3.00. The summed E-state index contributed by atoms with van der Waals surface area (Å²) in [5.41, 5.74) is 0.545. The largest absolute Gasteiger partial charge is 0.481 e. The number of carbonyl (C=O) groups excluding carboxylic acids is 5. The minimum Gasteiger partial charge on any atom is -0.481 e. The molecular weight excluding hydrogens is 658 g/mol. The third-order valence-corrected chi connectivity index (χ3v) is 8.12. The summed E-state index contributed by atoms with van der Waals surface area (Å²) in [4.78, 5) is 76.9. The van der Waals surface area contributed by atoms with Crippen LogP contribution >= 0.6 is 0 Å². The Balaban J connectivity index is 3.04. The van der Waals surface area contributed by atoms with Crippen molar-refractivity contribution in [2.75, 3.05) is 0 Å². The molecule has 7 atom stereocenters. The van der Waals surface area contributed by atoms with Gasteiger partial charge >= 0.3 is 5.97 Å². The van der Waals surface area contributed by atoms with Gasteiger partial charge in [0, 0.05) is 6.42 Å². The topological polar surface area (TPSA) is 223 Å². The van der Waals surface area contributed by atoms with Crippen molar-refractivity contribution in [3.63, 3.8) is 0 Å². The Morgan fingerprint density at radius 2 is 1.06 bits per heavy atom. The second-order valence-corrected chi connectivity index (χ2v) is 15.0. The van der Waals surface area contributed by atoms with E-state index in [0.717, 1.165) is 0 Å². The van der Waals surface area contributed by atoms with Gasteiger partial charge in [0.25, 0.3) is 0 Å². The summed E-state index contributed by atoms with van der Waals surface area (Å²) >= 11 is 0. The van der Waals surface area contributed by atoms with E-state index in [9.17, 15) is 39.0 Å². The van der Waals surface area contributed by atoms with Crippen LogP contribution in [0.3, 0.4) is 0 Å². The number of hydrogen-bond donors (Lipinski definition) is 8. The van der Waals surface area contributed by atoms with Crippen molar-refractivity contribution < 1.29 is 44.1 Å². The van der Waals surface area contributed by atoms with Crippen LogP contribution in [-0.4, -0.2) is 87.2 Å². The van der Waals surface area contributed by atoms with E-state index in [1.54, 1.807) is 44.2 Å². The van der Waals surface area contributed by atoms with Crippen molar-refractivity contribution >= 4 is 35.5 Å². The quantitative estimate of drug-likeness (QED) is 0.0879. The first-order valence-corrected chi connectivity index (χ1v) is 17.8. The summed E-state index contributed by atoms with van der Waals surface area (Å²) in [5, 5.41) is 44.0. The molecule has 0 aliphatic rings. The highest BCUT2D eigenvalue weighted by atomic mass is 16.4. The van der Waals surface area contributed by atoms with Crippen molar-refractivity contribution in [2.45, 2.75) is 137 Å². The van der Waals surface area contributed by atoms with Crippen LogP contribution in [0.4, 0.5) is 0 Å². The molecule has 0 bridgehead atoms. The molecule has 14 nitrogen and oxygen atoms in total. The lowest BCUT2D eigenvalue weighted by Gasteiger charge is -2.30. The Bertz CT molecular complexity index is 1290. The van der Waals surface area contributed by atoms with Crippen LogP contribution in [-0.2, 0) is 28.8 Å². The minimum atomic E-state index is -1.35. The third kappa shape index (κ3) is 17.2. The zero-order valence-corrected chi connectivity index (χ0v) is 31.6. The summed E-state index contributed by atoms with van der Waals surface area (Å²) in [6, 6.07) is 3.79. The number of hydrogen-bond acceptors (Lipinski definition) is 8. The number of aliphatic hydroxyl groups excluding tert-OH is 2. The van der Waals surface area contributed by atoms with Crippen molar-refractivity contribution in [1.29, 1.82) is 0 Å². The number of aliphatic carboxylic acids is 1. The maximum atomic E-state index is 13.7. The van der Waals surface area contributed by atoms with Crippen molar-refractivity contribution in [2.24, 2.45) is 23.7 Å². The van der Waals surface area contributed by atoms with E-state index in [2.05, 4.69) is 26.6 Å². The highest BCUT2D eigenvalue weighted by Crippen LogP contribution is 2.17. The molecule has 0 fully saturated rings. The lowest BCUT2D eigenvalue weighted by molar-refractivity contribution is -0.140. The van der Waals surface area contributed by atoms with Crippen LogP contribution < -0.4 is 26.6 Å². The van der Waals surface area contributed by atoms with E-state index >= 15 is 0 Å². The van der Waals surface area contributed by atoms with Crippen LogP contribution in [0.2, 0.25) is 0 Å². The van der Waals surface area contributed by atoms with Crippen LogP contribution in [0.25, 0.3) is 0 Å². The molecule has 0 aliphatic carbocycles. The van der Waals surface area contributed by atoms with Gasteiger partial charge in [-0.25, -0.2) is 0 Å². The molecule has 5 amide bonds. The molecule has 0 spiro atoms. The molecule has 0 aromatic heterocycles. The number of nitrogens with one attached hydrogen (secondary N) is 5. The molecule has 288 valence electrons. The maximum Gasteiger partial charge on any atom is 0.306 e. The summed E-state index contributed by atoms with van der Waals surface area (Å²) in [6.45, 7) is 16.2. The lowest BCUT2D eigenvalue weighted by Crippen LogP contribution is -2.57. The molecule has 51 heavy (non-hydrogen) atoms. The zero-order valence-electron chi connectivity index (χ0n) is 31.6. The molecular formula is C37H61N5O9. The van der Waals surface area contributed by atoms with Crippen molar-refractivity contribution in [3.05, 3.63) is 35.9 Å². The fraction of sp³-hybridized carbons (Fsp3) is 0.676. The molecule has 0 saturated heterocycles. The molecule has 1 aromatic carbocycles. The van der Waals surface area contributed by atoms with Gasteiger partial charge in [-0.05, 0) is 49.0 Å². The number of rotatable bonds is 22. The first-order valence-electron chi connectivity index (χ1n) is 17.8. The van der Waals surface area contributed by atoms with Gasteiger partial charge in [0.15, 0.2) is 0 Å². The Kier molecular flexibility index (Phi) is 19.4. The summed E-state index contributed by atoms with van der Waals surface area (Å²) < 4.78 is 0. The summed E-state index contributed by atoms with van der Waals surface area (Å²) in [6.07, 6.45) is -2.87. The fourth-order valence-electron chi connectivity index (χ4n) is 5.55. The second kappa shape index (κ2) is 22.0. The van der Waals surface area contributed by atoms with Crippen molar-refractivity contribution in [1.82, 2.24) is 26.6 Å². The molecule has 1 aromatic rings. The van der Waals surface area contributed by atoms with E-state index in [1.165, 1.54) is 6.92 Å². The highest BCUT2D eigenvalue weighted by molar-refractivity contribution is 5.93. The standard InChI is InChI=1S/C37H61N5O9/c1-20(2)15-26(28(43)18-31(46)38-24(9)35(49)39-27(16-21(3)4)29(44)19-32(47)48)40-36(50)33(23(7)8)42-37(51)34(25-13-11-10-12-14-25)41-30(45)17-22(5)6/h10-14,20-24,26-29,33-34,43-44H,15-19H2,1-9H3,(H,38,46)(H,39,49)(H,40,50)(H,41,45)(H,42,51)(H,47,48)/t24-,26-,27-,28-,29-,33?,34+/m0/s1. The Hall–Kier alpha value is -4.04. The van der Waals surface area contributed by atoms with Gasteiger partial charge in [0.05, 0.1) is 37.1 Å². The molecule has 0 aliphatic heterocycles. The first-order chi connectivity index (χ1) is 23.7. The summed E-state index contributed by atoms with van der Waals surface area (Å²) in [5.74, 6) is -4.26. The van der Waals surface area contributed by atoms with Gasteiger partial charge in [-0.3, -0.25) is 28.8 Å². The Morgan fingerprint density at radius 3 is 1.53 bits per heavy atom. The molecule has 1 unspecified atom stereocenters. The number of amides is 5. The van der Waals surface area contributed by atoms with Gasteiger partial charge < -0.3 is 41.9 Å². The van der Waals surface area contributed by atoms with E-state index < -0.39 is 84.9 Å². The van der Waals surface area contributed by atoms with Gasteiger partial charge in [-0.2, -0.15) is 0 Å². The fourth-order valence-corrected chi connectivity index (χ4v) is 5.55. The normalized spacial score (nSPS) is 15.7. The van der Waals surface area contributed by atoms with Gasteiger partial charge in [-0.1, -0.05) is 85.7 Å². The molecule has 0 heterocycles. The molecule has 8 N–H and O–H groups in total. The molecule has 1 rings (SSSR count). The SMILES string of the molecule is CC(C)CC(=O)N[C@@H](C(=O)NC(C(=O)N[C@@H](CC(C)C)[C@@H](O)CC(=O)N[C@@H](C)C(=O)N[C@@H](CC(C)C)[C@@H](O)CC(=O)O)C(C)C)c1ccccc1. The third-order valence-electron chi connectivity index (χ3n) is 8.12. The average molecular weight is 720 g/mol. The number of carbonyl (C=O) groups is 6. The monoisotopic (exact) mass is 719 g/mol. The molecule has 14 heteroatoms. The van der Waals surface area contributed by atoms with E-state index in [-0.39, 0.29) is 36.0 Å². The Labute approximate surface area is 302 Å². The van der Waals surface area contributed by atoms with Gasteiger partial charge in [-0.15, -0.1) is 0 Å². The molecule has 0 radical (unpaired) electrons. The smallest absolute Gasteiger partial charge is 0.306 e. The van der Waals surface area contributed by atoms with E-state index in [4.69, 9.17) is 5.11 Å². The Morgan fingerprint density at radius 1 is 0.569 bits per heavy atom. The van der Waals surface area contributed by atoms with Gasteiger partial charge in [0.1, 0.15) is 18.1 Å². The minimum absolute atomic E-state index is 0.00134. The first kappa shape index (κ1) is 45.0. The van der Waals surface area contributed by atoms with Crippen LogP contribution in [0, 0.1) is 23.7 Å². The number of carboxylic acids is 1. The van der Waals surface area contributed by atoms with Gasteiger partial charge in [0.2, 0.25) is 29.5 Å². The van der Waals surface area contributed by atoms with E-state index in [0.29, 0.717) is 18.4 Å². The maximum absolute atomic E-state index is 13.7.